The summed E-state index contributed by atoms with van der Waals surface area (Å²) in [6.07, 6.45) is 3.56. The topological polar surface area (TPSA) is 72.9 Å². The van der Waals surface area contributed by atoms with Gasteiger partial charge in [0, 0.05) is 58.6 Å². The second kappa shape index (κ2) is 10.3. The average molecular weight is 429 g/mol. The van der Waals surface area contributed by atoms with Crippen LogP contribution in [0.15, 0.2) is 47.6 Å². The number of benzene rings is 1. The lowest BCUT2D eigenvalue weighted by atomic mass is 10.1. The molecular weight excluding hydrogens is 400 g/mol. The average Bonchev–Trinajstić information content (AvgIpc) is 3.21. The van der Waals surface area contributed by atoms with Crippen molar-refractivity contribution in [3.8, 4) is 0 Å². The van der Waals surface area contributed by atoms with Gasteiger partial charge in [0.1, 0.15) is 5.82 Å². The summed E-state index contributed by atoms with van der Waals surface area (Å²) in [5.74, 6) is 1.62. The van der Waals surface area contributed by atoms with Crippen molar-refractivity contribution in [2.75, 3.05) is 45.7 Å². The van der Waals surface area contributed by atoms with E-state index < -0.39 is 0 Å². The van der Waals surface area contributed by atoms with Crippen molar-refractivity contribution in [3.05, 3.63) is 58.7 Å². The molecule has 0 radical (unpaired) electrons. The van der Waals surface area contributed by atoms with Crippen molar-refractivity contribution in [3.63, 3.8) is 0 Å². The van der Waals surface area contributed by atoms with Gasteiger partial charge in [-0.15, -0.1) is 0 Å². The van der Waals surface area contributed by atoms with E-state index in [1.165, 1.54) is 0 Å². The van der Waals surface area contributed by atoms with Gasteiger partial charge in [-0.25, -0.2) is 4.98 Å². The minimum absolute atomic E-state index is 0.0149. The zero-order valence-electron chi connectivity index (χ0n) is 17.7. The molecule has 160 valence electrons. The number of pyridine rings is 1. The third-order valence-electron chi connectivity index (χ3n) is 5.08. The number of anilines is 1. The van der Waals surface area contributed by atoms with Gasteiger partial charge in [-0.05, 0) is 42.7 Å². The summed E-state index contributed by atoms with van der Waals surface area (Å²) in [5, 5.41) is 7.52. The van der Waals surface area contributed by atoms with Gasteiger partial charge in [-0.3, -0.25) is 9.79 Å². The fourth-order valence-electron chi connectivity index (χ4n) is 3.51. The number of nitrogens with one attached hydrogen (secondary N) is 2. The Morgan fingerprint density at radius 1 is 1.33 bits per heavy atom. The number of amides is 1. The van der Waals surface area contributed by atoms with Crippen LogP contribution in [-0.4, -0.2) is 68.6 Å². The molecule has 2 heterocycles. The van der Waals surface area contributed by atoms with Crippen LogP contribution in [0.4, 0.5) is 5.82 Å². The molecule has 1 aliphatic heterocycles. The fraction of sp³-hybridized carbons (Fsp3) is 0.409. The van der Waals surface area contributed by atoms with E-state index in [2.05, 4.69) is 25.5 Å². The highest BCUT2D eigenvalue weighted by Gasteiger charge is 2.25. The highest BCUT2D eigenvalue weighted by atomic mass is 35.5. The number of carbonyl (C=O) groups is 1. The molecule has 1 aliphatic rings. The molecule has 2 aromatic rings. The van der Waals surface area contributed by atoms with Gasteiger partial charge in [0.15, 0.2) is 5.96 Å². The number of aromatic nitrogens is 1. The normalized spacial score (nSPS) is 16.5. The van der Waals surface area contributed by atoms with Gasteiger partial charge in [-0.2, -0.15) is 0 Å². The molecule has 3 rings (SSSR count). The third-order valence-corrected chi connectivity index (χ3v) is 5.37. The van der Waals surface area contributed by atoms with Crippen molar-refractivity contribution >= 4 is 29.3 Å². The Hall–Kier alpha value is -2.80. The summed E-state index contributed by atoms with van der Waals surface area (Å²) in [7, 11) is 5.30. The molecule has 7 nitrogen and oxygen atoms in total. The second-order valence-electron chi connectivity index (χ2n) is 7.53. The predicted molar refractivity (Wildman–Crippen MR) is 123 cm³/mol. The van der Waals surface area contributed by atoms with Crippen LogP contribution < -0.4 is 15.5 Å². The number of hydrogen-bond acceptors (Lipinski definition) is 4. The molecule has 1 unspecified atom stereocenters. The van der Waals surface area contributed by atoms with Crippen LogP contribution in [0, 0.1) is 0 Å². The highest BCUT2D eigenvalue weighted by molar-refractivity contribution is 6.32. The Morgan fingerprint density at radius 2 is 2.17 bits per heavy atom. The van der Waals surface area contributed by atoms with E-state index in [0.717, 1.165) is 49.8 Å². The summed E-state index contributed by atoms with van der Waals surface area (Å²) < 4.78 is 0. The van der Waals surface area contributed by atoms with E-state index in [9.17, 15) is 4.79 Å². The van der Waals surface area contributed by atoms with Gasteiger partial charge < -0.3 is 20.4 Å². The third kappa shape index (κ3) is 5.63. The first-order valence-corrected chi connectivity index (χ1v) is 10.5. The maximum absolute atomic E-state index is 12.1. The molecule has 8 heteroatoms. The predicted octanol–water partition coefficient (Wildman–Crippen LogP) is 2.42. The van der Waals surface area contributed by atoms with Crippen LogP contribution in [0.2, 0.25) is 5.02 Å². The molecule has 0 bridgehead atoms. The Labute approximate surface area is 183 Å². The van der Waals surface area contributed by atoms with Gasteiger partial charge in [0.2, 0.25) is 0 Å². The van der Waals surface area contributed by atoms with Crippen LogP contribution in [0.3, 0.4) is 0 Å². The van der Waals surface area contributed by atoms with Crippen LogP contribution in [0.25, 0.3) is 0 Å². The zero-order chi connectivity index (χ0) is 21.5. The quantitative estimate of drug-likeness (QED) is 0.546. The first-order chi connectivity index (χ1) is 14.5. The van der Waals surface area contributed by atoms with E-state index >= 15 is 0 Å². The number of rotatable bonds is 6. The van der Waals surface area contributed by atoms with Gasteiger partial charge >= 0.3 is 0 Å². The maximum atomic E-state index is 12.1. The largest absolute Gasteiger partial charge is 0.356 e. The van der Waals surface area contributed by atoms with Gasteiger partial charge in [0.25, 0.3) is 5.91 Å². The number of carbonyl (C=O) groups excluding carboxylic acids is 1. The van der Waals surface area contributed by atoms with Crippen LogP contribution in [-0.2, 0) is 6.42 Å². The molecule has 1 fully saturated rings. The first-order valence-electron chi connectivity index (χ1n) is 10.1. The molecule has 0 aliphatic carbocycles. The summed E-state index contributed by atoms with van der Waals surface area (Å²) in [6, 6.07) is 11.7. The summed E-state index contributed by atoms with van der Waals surface area (Å²) >= 11 is 6.28. The molecule has 1 saturated heterocycles. The number of hydrogen-bond donors (Lipinski definition) is 2. The standard InChI is InChI=1S/C22H29ClN6O/c1-24-22(26-12-9-16-6-4-7-17(14-16)21(30)28(2)3)27-18-10-13-29(15-18)20-19(23)8-5-11-25-20/h4-8,11,14,18H,9-10,12-13,15H2,1-3H3,(H2,24,26,27). The molecule has 1 amide bonds. The summed E-state index contributed by atoms with van der Waals surface area (Å²) in [5.41, 5.74) is 1.82. The lowest BCUT2D eigenvalue weighted by molar-refractivity contribution is 0.0827. The van der Waals surface area contributed by atoms with Crippen molar-refractivity contribution in [2.24, 2.45) is 4.99 Å². The Morgan fingerprint density at radius 3 is 2.90 bits per heavy atom. The summed E-state index contributed by atoms with van der Waals surface area (Å²) in [6.45, 7) is 2.45. The number of aliphatic imine (C=N–C) groups is 1. The van der Waals surface area contributed by atoms with Crippen LogP contribution in [0.5, 0.6) is 0 Å². The van der Waals surface area contributed by atoms with E-state index in [1.54, 1.807) is 32.2 Å². The number of halogens is 1. The highest BCUT2D eigenvalue weighted by Crippen LogP contribution is 2.25. The van der Waals surface area contributed by atoms with Crippen LogP contribution >= 0.6 is 11.6 Å². The van der Waals surface area contributed by atoms with Crippen molar-refractivity contribution < 1.29 is 4.79 Å². The smallest absolute Gasteiger partial charge is 0.253 e. The minimum atomic E-state index is 0.0149. The maximum Gasteiger partial charge on any atom is 0.253 e. The van der Waals surface area contributed by atoms with Crippen LogP contribution in [0.1, 0.15) is 22.3 Å². The lowest BCUT2D eigenvalue weighted by Gasteiger charge is -2.20. The molecule has 30 heavy (non-hydrogen) atoms. The fourth-order valence-corrected chi connectivity index (χ4v) is 3.75. The summed E-state index contributed by atoms with van der Waals surface area (Å²) in [4.78, 5) is 24.7. The zero-order valence-corrected chi connectivity index (χ0v) is 18.5. The Kier molecular flexibility index (Phi) is 7.52. The van der Waals surface area contributed by atoms with E-state index in [1.807, 2.05) is 36.4 Å². The number of guanidine groups is 1. The second-order valence-corrected chi connectivity index (χ2v) is 7.94. The molecular formula is C22H29ClN6O. The molecule has 1 aromatic carbocycles. The Balaban J connectivity index is 1.49. The number of nitrogens with zero attached hydrogens (tertiary/aromatic N) is 4. The molecule has 0 saturated carbocycles. The Bertz CT molecular complexity index is 901. The first kappa shape index (κ1) is 21.9. The van der Waals surface area contributed by atoms with Crippen molar-refractivity contribution in [2.45, 2.75) is 18.9 Å². The molecule has 1 atom stereocenters. The lowest BCUT2D eigenvalue weighted by Crippen LogP contribution is -2.45. The van der Waals surface area contributed by atoms with Crippen molar-refractivity contribution in [1.29, 1.82) is 0 Å². The van der Waals surface area contributed by atoms with E-state index in [0.29, 0.717) is 10.6 Å². The molecule has 0 spiro atoms. The van der Waals surface area contributed by atoms with Gasteiger partial charge in [-0.1, -0.05) is 23.7 Å². The SMILES string of the molecule is CN=C(NCCc1cccc(C(=O)N(C)C)c1)NC1CCN(c2ncccc2Cl)C1. The van der Waals surface area contributed by atoms with E-state index in [4.69, 9.17) is 11.6 Å². The van der Waals surface area contributed by atoms with Gasteiger partial charge in [0.05, 0.1) is 5.02 Å². The molecule has 1 aromatic heterocycles. The minimum Gasteiger partial charge on any atom is -0.356 e. The van der Waals surface area contributed by atoms with Crippen molar-refractivity contribution in [1.82, 2.24) is 20.5 Å². The molecule has 2 N–H and O–H groups in total. The monoisotopic (exact) mass is 428 g/mol. The van der Waals surface area contributed by atoms with E-state index in [-0.39, 0.29) is 11.9 Å².